The summed E-state index contributed by atoms with van der Waals surface area (Å²) in [6, 6.07) is 8.39. The Hall–Kier alpha value is -2.60. The first-order valence-electron chi connectivity index (χ1n) is 7.60. The molecule has 2 aromatic heterocycles. The van der Waals surface area contributed by atoms with E-state index in [0.717, 1.165) is 47.8 Å². The third kappa shape index (κ3) is 2.85. The molecule has 3 aromatic rings. The average Bonchev–Trinajstić information content (AvgIpc) is 2.99. The van der Waals surface area contributed by atoms with Gasteiger partial charge < -0.3 is 0 Å². The summed E-state index contributed by atoms with van der Waals surface area (Å²) >= 11 is 0. The van der Waals surface area contributed by atoms with Crippen LogP contribution in [0.15, 0.2) is 42.7 Å². The molecular weight excluding hydrogens is 293 g/mol. The minimum Gasteiger partial charge on any atom is -0.291 e. The molecular formula is C17H16FN5. The lowest BCUT2D eigenvalue weighted by atomic mass is 10.0. The number of benzene rings is 1. The highest BCUT2D eigenvalue weighted by molar-refractivity contribution is 5.64. The molecule has 0 saturated carbocycles. The fourth-order valence-electron chi connectivity index (χ4n) is 2.97. The third-order valence-corrected chi connectivity index (χ3v) is 4.09. The van der Waals surface area contributed by atoms with Crippen molar-refractivity contribution in [1.29, 1.82) is 0 Å². The van der Waals surface area contributed by atoms with Crippen LogP contribution in [0.1, 0.15) is 17.1 Å². The van der Waals surface area contributed by atoms with Crippen LogP contribution in [0.2, 0.25) is 0 Å². The molecule has 1 N–H and O–H groups in total. The largest absolute Gasteiger partial charge is 0.291 e. The number of nitrogens with zero attached hydrogens (tertiary/aromatic N) is 4. The summed E-state index contributed by atoms with van der Waals surface area (Å²) in [7, 11) is 0. The Balaban J connectivity index is 1.60. The predicted octanol–water partition coefficient (Wildman–Crippen LogP) is 2.56. The molecule has 6 heteroatoms. The number of aromatic nitrogens is 4. The van der Waals surface area contributed by atoms with Crippen molar-refractivity contribution in [2.45, 2.75) is 19.5 Å². The van der Waals surface area contributed by atoms with Gasteiger partial charge in [-0.15, -0.1) is 0 Å². The number of H-pyrrole nitrogens is 1. The minimum atomic E-state index is -0.246. The summed E-state index contributed by atoms with van der Waals surface area (Å²) in [5, 5.41) is 7.50. The fourth-order valence-corrected chi connectivity index (χ4v) is 2.97. The van der Waals surface area contributed by atoms with Crippen LogP contribution in [-0.4, -0.2) is 31.6 Å². The Bertz CT molecular complexity index is 815. The van der Waals surface area contributed by atoms with Crippen molar-refractivity contribution in [3.63, 3.8) is 0 Å². The maximum atomic E-state index is 13.5. The van der Waals surface area contributed by atoms with Gasteiger partial charge in [0.2, 0.25) is 0 Å². The van der Waals surface area contributed by atoms with Gasteiger partial charge in [-0.25, -0.2) is 14.4 Å². The van der Waals surface area contributed by atoms with E-state index in [9.17, 15) is 4.39 Å². The Labute approximate surface area is 133 Å². The first kappa shape index (κ1) is 14.0. The molecule has 0 bridgehead atoms. The molecule has 5 nitrogen and oxygen atoms in total. The zero-order valence-electron chi connectivity index (χ0n) is 12.5. The van der Waals surface area contributed by atoms with Gasteiger partial charge in [0.15, 0.2) is 0 Å². The zero-order valence-corrected chi connectivity index (χ0v) is 12.5. The summed E-state index contributed by atoms with van der Waals surface area (Å²) in [4.78, 5) is 10.9. The fraction of sp³-hybridized carbons (Fsp3) is 0.235. The maximum Gasteiger partial charge on any atom is 0.142 e. The molecule has 0 unspecified atom stereocenters. The molecule has 1 aromatic carbocycles. The van der Waals surface area contributed by atoms with Crippen molar-refractivity contribution in [1.82, 2.24) is 25.1 Å². The van der Waals surface area contributed by atoms with Crippen LogP contribution in [0.4, 0.5) is 4.39 Å². The minimum absolute atomic E-state index is 0.246. The van der Waals surface area contributed by atoms with Crippen LogP contribution in [-0.2, 0) is 19.5 Å². The van der Waals surface area contributed by atoms with Gasteiger partial charge in [0.25, 0.3) is 0 Å². The highest BCUT2D eigenvalue weighted by atomic mass is 19.1. The van der Waals surface area contributed by atoms with Crippen molar-refractivity contribution < 1.29 is 4.39 Å². The highest BCUT2D eigenvalue weighted by Crippen LogP contribution is 2.29. The van der Waals surface area contributed by atoms with Gasteiger partial charge in [-0.1, -0.05) is 12.1 Å². The topological polar surface area (TPSA) is 57.7 Å². The molecule has 0 fully saturated rings. The van der Waals surface area contributed by atoms with E-state index in [-0.39, 0.29) is 5.82 Å². The Morgan fingerprint density at radius 2 is 2.04 bits per heavy atom. The third-order valence-electron chi connectivity index (χ3n) is 4.09. The Morgan fingerprint density at radius 3 is 2.87 bits per heavy atom. The summed E-state index contributed by atoms with van der Waals surface area (Å²) < 4.78 is 13.5. The van der Waals surface area contributed by atoms with E-state index in [0.29, 0.717) is 6.54 Å². The second-order valence-electron chi connectivity index (χ2n) is 5.67. The Kier molecular flexibility index (Phi) is 3.59. The van der Waals surface area contributed by atoms with Crippen LogP contribution in [0.5, 0.6) is 0 Å². The SMILES string of the molecule is Fc1cccc(-c2n[nH]c3c2CN(Cc2ncccn2)CC3)c1. The second-order valence-corrected chi connectivity index (χ2v) is 5.67. The van der Waals surface area contributed by atoms with Crippen molar-refractivity contribution >= 4 is 0 Å². The van der Waals surface area contributed by atoms with Crippen LogP contribution in [0, 0.1) is 5.82 Å². The summed E-state index contributed by atoms with van der Waals surface area (Å²) in [5.41, 5.74) is 3.91. The van der Waals surface area contributed by atoms with Crippen molar-refractivity contribution in [3.8, 4) is 11.3 Å². The van der Waals surface area contributed by atoms with Gasteiger partial charge in [0.1, 0.15) is 11.6 Å². The van der Waals surface area contributed by atoms with E-state index in [1.54, 1.807) is 18.5 Å². The zero-order chi connectivity index (χ0) is 15.6. The van der Waals surface area contributed by atoms with Gasteiger partial charge in [-0.3, -0.25) is 10.00 Å². The van der Waals surface area contributed by atoms with Gasteiger partial charge in [0.05, 0.1) is 12.2 Å². The van der Waals surface area contributed by atoms with E-state index in [2.05, 4.69) is 25.1 Å². The Morgan fingerprint density at radius 1 is 1.17 bits per heavy atom. The van der Waals surface area contributed by atoms with Gasteiger partial charge in [0, 0.05) is 48.7 Å². The highest BCUT2D eigenvalue weighted by Gasteiger charge is 2.23. The number of hydrogen-bond donors (Lipinski definition) is 1. The van der Waals surface area contributed by atoms with Crippen LogP contribution in [0.3, 0.4) is 0 Å². The molecule has 0 saturated heterocycles. The van der Waals surface area contributed by atoms with Crippen LogP contribution >= 0.6 is 0 Å². The molecule has 1 aliphatic heterocycles. The van der Waals surface area contributed by atoms with Gasteiger partial charge in [-0.05, 0) is 18.2 Å². The number of halogens is 1. The predicted molar refractivity (Wildman–Crippen MR) is 83.8 cm³/mol. The van der Waals surface area contributed by atoms with Crippen LogP contribution in [0.25, 0.3) is 11.3 Å². The molecule has 0 spiro atoms. The van der Waals surface area contributed by atoms with E-state index in [1.807, 2.05) is 12.1 Å². The first-order chi connectivity index (χ1) is 11.3. The molecule has 4 rings (SSSR count). The summed E-state index contributed by atoms with van der Waals surface area (Å²) in [6.07, 6.45) is 4.41. The van der Waals surface area contributed by atoms with Crippen molar-refractivity contribution in [3.05, 3.63) is 65.6 Å². The number of aromatic amines is 1. The average molecular weight is 309 g/mol. The van der Waals surface area contributed by atoms with E-state index in [4.69, 9.17) is 0 Å². The molecule has 116 valence electrons. The van der Waals surface area contributed by atoms with E-state index < -0.39 is 0 Å². The van der Waals surface area contributed by atoms with Gasteiger partial charge in [-0.2, -0.15) is 5.10 Å². The number of hydrogen-bond acceptors (Lipinski definition) is 4. The lowest BCUT2D eigenvalue weighted by molar-refractivity contribution is 0.239. The molecule has 1 aliphatic rings. The normalized spacial score (nSPS) is 14.7. The maximum absolute atomic E-state index is 13.5. The second kappa shape index (κ2) is 5.89. The molecule has 0 amide bonds. The monoisotopic (exact) mass is 309 g/mol. The molecule has 0 aliphatic carbocycles. The summed E-state index contributed by atoms with van der Waals surface area (Å²) in [5.74, 6) is 0.566. The number of fused-ring (bicyclic) bond motifs is 1. The molecule has 0 radical (unpaired) electrons. The van der Waals surface area contributed by atoms with E-state index in [1.165, 1.54) is 12.1 Å². The standard InChI is InChI=1S/C17H16FN5/c18-13-4-1-3-12(9-13)17-14-10-23(8-5-15(14)21-22-17)11-16-19-6-2-7-20-16/h1-4,6-7,9H,5,8,10-11H2,(H,21,22). The van der Waals surface area contributed by atoms with Crippen molar-refractivity contribution in [2.75, 3.05) is 6.54 Å². The molecule has 3 heterocycles. The lowest BCUT2D eigenvalue weighted by Gasteiger charge is -2.26. The smallest absolute Gasteiger partial charge is 0.142 e. The van der Waals surface area contributed by atoms with Crippen molar-refractivity contribution in [2.24, 2.45) is 0 Å². The molecule has 23 heavy (non-hydrogen) atoms. The lowest BCUT2D eigenvalue weighted by Crippen LogP contribution is -2.30. The van der Waals surface area contributed by atoms with Gasteiger partial charge >= 0.3 is 0 Å². The quantitative estimate of drug-likeness (QED) is 0.808. The summed E-state index contributed by atoms with van der Waals surface area (Å²) in [6.45, 7) is 2.39. The molecule has 0 atom stereocenters. The number of nitrogens with one attached hydrogen (secondary N) is 1. The first-order valence-corrected chi connectivity index (χ1v) is 7.60. The van der Waals surface area contributed by atoms with Crippen LogP contribution < -0.4 is 0 Å². The number of rotatable bonds is 3. The van der Waals surface area contributed by atoms with E-state index >= 15 is 0 Å².